The molecule has 2 aromatic carbocycles. The summed E-state index contributed by atoms with van der Waals surface area (Å²) in [5.74, 6) is 1.49. The maximum absolute atomic E-state index is 12.5. The average Bonchev–Trinajstić information content (AvgIpc) is 2.80. The molecule has 4 rings (SSSR count). The first kappa shape index (κ1) is 13.0. The summed E-state index contributed by atoms with van der Waals surface area (Å²) in [5.41, 5.74) is 3.54. The molecule has 110 valence electrons. The molecule has 0 N–H and O–H groups in total. The highest BCUT2D eigenvalue weighted by Crippen LogP contribution is 2.38. The van der Waals surface area contributed by atoms with Crippen molar-refractivity contribution >= 4 is 23.2 Å². The number of hydrogen-bond acceptors (Lipinski definition) is 3. The highest BCUT2D eigenvalue weighted by Gasteiger charge is 2.29. The van der Waals surface area contributed by atoms with Crippen LogP contribution in [-0.2, 0) is 4.79 Å². The molecule has 22 heavy (non-hydrogen) atoms. The lowest BCUT2D eigenvalue weighted by Crippen LogP contribution is -2.20. The van der Waals surface area contributed by atoms with E-state index in [-0.39, 0.29) is 5.91 Å². The molecule has 0 fully saturated rings. The van der Waals surface area contributed by atoms with Crippen molar-refractivity contribution in [3.05, 3.63) is 53.6 Å². The molecule has 0 radical (unpaired) electrons. The van der Waals surface area contributed by atoms with Gasteiger partial charge in [0.25, 0.3) is 5.91 Å². The summed E-state index contributed by atoms with van der Waals surface area (Å²) >= 11 is 0. The molecule has 0 spiro atoms. The van der Waals surface area contributed by atoms with Crippen LogP contribution < -0.4 is 14.4 Å². The molecule has 0 saturated carbocycles. The lowest BCUT2D eigenvalue weighted by molar-refractivity contribution is -0.112. The molecule has 0 aliphatic carbocycles. The second-order valence-corrected chi connectivity index (χ2v) is 5.34. The van der Waals surface area contributed by atoms with Crippen LogP contribution in [0.2, 0.25) is 0 Å². The van der Waals surface area contributed by atoms with Gasteiger partial charge in [-0.05, 0) is 29.8 Å². The highest BCUT2D eigenvalue weighted by molar-refractivity contribution is 6.35. The Morgan fingerprint density at radius 3 is 2.68 bits per heavy atom. The van der Waals surface area contributed by atoms with Crippen molar-refractivity contribution in [2.24, 2.45) is 0 Å². The van der Waals surface area contributed by atoms with Crippen LogP contribution in [0.5, 0.6) is 11.5 Å². The van der Waals surface area contributed by atoms with E-state index in [2.05, 4.69) is 0 Å². The van der Waals surface area contributed by atoms with Gasteiger partial charge in [0.2, 0.25) is 0 Å². The van der Waals surface area contributed by atoms with Crippen molar-refractivity contribution in [3.8, 4) is 11.5 Å². The lowest BCUT2D eigenvalue weighted by atomic mass is 10.0. The van der Waals surface area contributed by atoms with E-state index in [0.29, 0.717) is 18.8 Å². The third kappa shape index (κ3) is 1.96. The molecule has 4 heteroatoms. The smallest absolute Gasteiger partial charge is 0.258 e. The van der Waals surface area contributed by atoms with Gasteiger partial charge in [0.15, 0.2) is 11.5 Å². The maximum atomic E-state index is 12.5. The van der Waals surface area contributed by atoms with Crippen molar-refractivity contribution in [2.75, 3.05) is 25.2 Å². The van der Waals surface area contributed by atoms with Gasteiger partial charge < -0.3 is 14.4 Å². The van der Waals surface area contributed by atoms with Crippen LogP contribution in [0.25, 0.3) is 11.6 Å². The number of carbonyl (C=O) groups is 1. The van der Waals surface area contributed by atoms with Gasteiger partial charge in [0, 0.05) is 18.2 Å². The normalized spacial score (nSPS) is 17.8. The number of anilines is 1. The van der Waals surface area contributed by atoms with Crippen LogP contribution in [-0.4, -0.2) is 26.2 Å². The molecule has 0 saturated heterocycles. The monoisotopic (exact) mass is 293 g/mol. The molecule has 0 unspecified atom stereocenters. The molecule has 4 nitrogen and oxygen atoms in total. The quantitative estimate of drug-likeness (QED) is 0.759. The predicted molar refractivity (Wildman–Crippen MR) is 85.2 cm³/mol. The molecular formula is C18H15NO3. The zero-order valence-corrected chi connectivity index (χ0v) is 12.2. The fourth-order valence-corrected chi connectivity index (χ4v) is 2.86. The molecule has 0 atom stereocenters. The third-order valence-electron chi connectivity index (χ3n) is 3.97. The van der Waals surface area contributed by atoms with E-state index >= 15 is 0 Å². The van der Waals surface area contributed by atoms with Crippen molar-refractivity contribution < 1.29 is 14.3 Å². The molecular weight excluding hydrogens is 278 g/mol. The minimum atomic E-state index is 0.0103. The summed E-state index contributed by atoms with van der Waals surface area (Å²) < 4.78 is 11.1. The SMILES string of the molecule is CN1C(=O)C(=Cc2ccc3c(c2)OCCO3)c2ccccc21. The van der Waals surface area contributed by atoms with E-state index in [1.165, 1.54) is 0 Å². The number of ether oxygens (including phenoxy) is 2. The van der Waals surface area contributed by atoms with Crippen LogP contribution in [0.15, 0.2) is 42.5 Å². The van der Waals surface area contributed by atoms with Crippen LogP contribution >= 0.6 is 0 Å². The predicted octanol–water partition coefficient (Wildman–Crippen LogP) is 2.97. The van der Waals surface area contributed by atoms with E-state index in [9.17, 15) is 4.79 Å². The van der Waals surface area contributed by atoms with E-state index in [1.807, 2.05) is 48.5 Å². The van der Waals surface area contributed by atoms with E-state index in [0.717, 1.165) is 28.3 Å². The fourth-order valence-electron chi connectivity index (χ4n) is 2.86. The largest absolute Gasteiger partial charge is 0.486 e. The van der Waals surface area contributed by atoms with E-state index in [1.54, 1.807) is 11.9 Å². The summed E-state index contributed by atoms with van der Waals surface area (Å²) in [6.45, 7) is 1.13. The van der Waals surface area contributed by atoms with Crippen molar-refractivity contribution in [3.63, 3.8) is 0 Å². The van der Waals surface area contributed by atoms with Crippen molar-refractivity contribution in [1.82, 2.24) is 0 Å². The Balaban J connectivity index is 1.78. The fraction of sp³-hybridized carbons (Fsp3) is 0.167. The number of carbonyl (C=O) groups excluding carboxylic acids is 1. The zero-order valence-electron chi connectivity index (χ0n) is 12.2. The molecule has 2 aliphatic rings. The second kappa shape index (κ2) is 4.91. The summed E-state index contributed by atoms with van der Waals surface area (Å²) in [4.78, 5) is 14.1. The maximum Gasteiger partial charge on any atom is 0.258 e. The summed E-state index contributed by atoms with van der Waals surface area (Å²) in [5, 5.41) is 0. The average molecular weight is 293 g/mol. The number of rotatable bonds is 1. The minimum absolute atomic E-state index is 0.0103. The molecule has 1 amide bonds. The Bertz CT molecular complexity index is 795. The lowest BCUT2D eigenvalue weighted by Gasteiger charge is -2.18. The van der Waals surface area contributed by atoms with Crippen molar-refractivity contribution in [1.29, 1.82) is 0 Å². The Morgan fingerprint density at radius 1 is 1.05 bits per heavy atom. The molecule has 2 aromatic rings. The van der Waals surface area contributed by atoms with Gasteiger partial charge in [-0.3, -0.25) is 4.79 Å². The Hall–Kier alpha value is -2.75. The summed E-state index contributed by atoms with van der Waals surface area (Å²) in [6.07, 6.45) is 1.91. The molecule has 2 heterocycles. The van der Waals surface area contributed by atoms with E-state index in [4.69, 9.17) is 9.47 Å². The number of nitrogens with zero attached hydrogens (tertiary/aromatic N) is 1. The number of likely N-dealkylation sites (N-methyl/N-ethyl adjacent to an activating group) is 1. The number of benzene rings is 2. The van der Waals surface area contributed by atoms with Gasteiger partial charge in [-0.15, -0.1) is 0 Å². The number of hydrogen-bond donors (Lipinski definition) is 0. The molecule has 0 aromatic heterocycles. The van der Waals surface area contributed by atoms with Crippen LogP contribution in [0.3, 0.4) is 0 Å². The van der Waals surface area contributed by atoms with Crippen LogP contribution in [0.1, 0.15) is 11.1 Å². The van der Waals surface area contributed by atoms with Gasteiger partial charge in [-0.25, -0.2) is 0 Å². The van der Waals surface area contributed by atoms with Gasteiger partial charge in [-0.2, -0.15) is 0 Å². The molecule has 2 aliphatic heterocycles. The van der Waals surface area contributed by atoms with E-state index < -0.39 is 0 Å². The van der Waals surface area contributed by atoms with Gasteiger partial charge >= 0.3 is 0 Å². The number of amides is 1. The highest BCUT2D eigenvalue weighted by atomic mass is 16.6. The van der Waals surface area contributed by atoms with Crippen molar-refractivity contribution in [2.45, 2.75) is 0 Å². The zero-order chi connectivity index (χ0) is 15.1. The third-order valence-corrected chi connectivity index (χ3v) is 3.97. The topological polar surface area (TPSA) is 38.8 Å². The van der Waals surface area contributed by atoms with Gasteiger partial charge in [-0.1, -0.05) is 24.3 Å². The van der Waals surface area contributed by atoms with Crippen LogP contribution in [0.4, 0.5) is 5.69 Å². The first-order valence-corrected chi connectivity index (χ1v) is 7.23. The Kier molecular flexibility index (Phi) is 2.89. The Labute approximate surface area is 128 Å². The number of para-hydroxylation sites is 1. The second-order valence-electron chi connectivity index (χ2n) is 5.34. The minimum Gasteiger partial charge on any atom is -0.486 e. The van der Waals surface area contributed by atoms with Gasteiger partial charge in [0.1, 0.15) is 13.2 Å². The van der Waals surface area contributed by atoms with Gasteiger partial charge in [0.05, 0.1) is 5.69 Å². The summed E-state index contributed by atoms with van der Waals surface area (Å²) in [7, 11) is 1.80. The number of fused-ring (bicyclic) bond motifs is 2. The summed E-state index contributed by atoms with van der Waals surface area (Å²) in [6, 6.07) is 13.6. The first-order valence-electron chi connectivity index (χ1n) is 7.23. The van der Waals surface area contributed by atoms with Crippen LogP contribution in [0, 0.1) is 0 Å². The first-order chi connectivity index (χ1) is 10.7. The standard InChI is InChI=1S/C18H15NO3/c1-19-15-5-3-2-4-13(15)14(18(19)20)10-12-6-7-16-17(11-12)22-9-8-21-16/h2-7,10-11H,8-9H2,1H3. The Morgan fingerprint density at radius 2 is 1.82 bits per heavy atom. The molecule has 0 bridgehead atoms.